The number of hydrogen-bond acceptors (Lipinski definition) is 2. The topological polar surface area (TPSA) is 55.1 Å². The third kappa shape index (κ3) is 1.21. The number of carboxylic acid groups (broad SMARTS) is 1. The number of imidazole rings is 1. The van der Waals surface area contributed by atoms with E-state index < -0.39 is 11.8 Å². The Morgan fingerprint density at radius 3 is 2.88 bits per heavy atom. The van der Waals surface area contributed by atoms with Crippen molar-refractivity contribution in [2.45, 2.75) is 18.9 Å². The number of carboxylic acids is 1. The Bertz CT molecular complexity index is 587. The van der Waals surface area contributed by atoms with Crippen molar-refractivity contribution in [1.29, 1.82) is 0 Å². The highest BCUT2D eigenvalue weighted by atomic mass is 19.1. The molecule has 1 fully saturated rings. The summed E-state index contributed by atoms with van der Waals surface area (Å²) >= 11 is 0. The first-order chi connectivity index (χ1) is 7.68. The lowest BCUT2D eigenvalue weighted by Gasteiger charge is -2.03. The van der Waals surface area contributed by atoms with Crippen molar-refractivity contribution < 1.29 is 14.3 Å². The maximum absolute atomic E-state index is 13.5. The summed E-state index contributed by atoms with van der Waals surface area (Å²) in [6.07, 6.45) is 1.87. The molecule has 82 valence electrons. The molecule has 0 amide bonds. The van der Waals surface area contributed by atoms with E-state index in [0.717, 1.165) is 12.8 Å². The van der Waals surface area contributed by atoms with Gasteiger partial charge in [0.2, 0.25) is 5.82 Å². The average Bonchev–Trinajstić information content (AvgIpc) is 2.99. The third-order valence-corrected chi connectivity index (χ3v) is 2.77. The number of benzene rings is 1. The molecular weight excluding hydrogens is 211 g/mol. The van der Waals surface area contributed by atoms with Gasteiger partial charge in [0.05, 0.1) is 5.52 Å². The van der Waals surface area contributed by atoms with E-state index in [9.17, 15) is 9.18 Å². The lowest BCUT2D eigenvalue weighted by atomic mass is 10.3. The van der Waals surface area contributed by atoms with Crippen LogP contribution in [0.1, 0.15) is 29.5 Å². The van der Waals surface area contributed by atoms with Crippen LogP contribution in [0.25, 0.3) is 11.0 Å². The summed E-state index contributed by atoms with van der Waals surface area (Å²) in [7, 11) is 0. The van der Waals surface area contributed by atoms with E-state index in [1.165, 1.54) is 6.07 Å². The summed E-state index contributed by atoms with van der Waals surface area (Å²) in [6, 6.07) is 4.73. The zero-order chi connectivity index (χ0) is 11.3. The third-order valence-electron chi connectivity index (χ3n) is 2.77. The van der Waals surface area contributed by atoms with Crippen molar-refractivity contribution in [3.63, 3.8) is 0 Å². The molecule has 0 aliphatic heterocycles. The van der Waals surface area contributed by atoms with Crippen LogP contribution in [0.3, 0.4) is 0 Å². The molecule has 1 aliphatic carbocycles. The molecule has 0 radical (unpaired) electrons. The maximum atomic E-state index is 13.5. The van der Waals surface area contributed by atoms with Gasteiger partial charge in [-0.15, -0.1) is 0 Å². The molecule has 0 bridgehead atoms. The van der Waals surface area contributed by atoms with Crippen LogP contribution in [0, 0.1) is 5.82 Å². The number of nitrogens with zero attached hydrogens (tertiary/aromatic N) is 2. The van der Waals surface area contributed by atoms with Gasteiger partial charge in [-0.3, -0.25) is 0 Å². The molecule has 3 rings (SSSR count). The van der Waals surface area contributed by atoms with Crippen molar-refractivity contribution >= 4 is 17.0 Å². The van der Waals surface area contributed by atoms with E-state index in [2.05, 4.69) is 4.98 Å². The highest BCUT2D eigenvalue weighted by Crippen LogP contribution is 2.38. The summed E-state index contributed by atoms with van der Waals surface area (Å²) in [5.41, 5.74) is 0.715. The molecule has 2 aromatic rings. The van der Waals surface area contributed by atoms with Crippen LogP contribution in [0.5, 0.6) is 0 Å². The minimum absolute atomic E-state index is 0.0670. The van der Waals surface area contributed by atoms with Crippen LogP contribution in [0.4, 0.5) is 4.39 Å². The summed E-state index contributed by atoms with van der Waals surface area (Å²) in [6.45, 7) is 0. The molecule has 1 aromatic heterocycles. The first-order valence-corrected chi connectivity index (χ1v) is 5.08. The summed E-state index contributed by atoms with van der Waals surface area (Å²) in [4.78, 5) is 14.9. The average molecular weight is 220 g/mol. The number of aromatic nitrogens is 2. The molecular formula is C11H9FN2O2. The first kappa shape index (κ1) is 9.33. The van der Waals surface area contributed by atoms with Crippen LogP contribution in [-0.4, -0.2) is 20.6 Å². The smallest absolute Gasteiger partial charge is 0.372 e. The lowest BCUT2D eigenvalue weighted by molar-refractivity contribution is 0.0678. The molecule has 16 heavy (non-hydrogen) atoms. The molecule has 1 saturated carbocycles. The van der Waals surface area contributed by atoms with Gasteiger partial charge in [-0.25, -0.2) is 14.2 Å². The molecule has 1 heterocycles. The molecule has 1 N–H and O–H groups in total. The quantitative estimate of drug-likeness (QED) is 0.844. The van der Waals surface area contributed by atoms with Gasteiger partial charge >= 0.3 is 5.97 Å². The molecule has 1 aliphatic rings. The fourth-order valence-electron chi connectivity index (χ4n) is 1.94. The molecule has 0 unspecified atom stereocenters. The van der Waals surface area contributed by atoms with Gasteiger partial charge in [-0.05, 0) is 25.0 Å². The van der Waals surface area contributed by atoms with Gasteiger partial charge < -0.3 is 9.67 Å². The highest BCUT2D eigenvalue weighted by Gasteiger charge is 2.31. The number of carbonyl (C=O) groups is 1. The van der Waals surface area contributed by atoms with Crippen LogP contribution < -0.4 is 0 Å². The number of fused-ring (bicyclic) bond motifs is 1. The van der Waals surface area contributed by atoms with E-state index in [0.29, 0.717) is 5.52 Å². The Morgan fingerprint density at radius 1 is 1.50 bits per heavy atom. The Hall–Kier alpha value is -1.91. The van der Waals surface area contributed by atoms with Crippen molar-refractivity contribution in [1.82, 2.24) is 9.55 Å². The standard InChI is InChI=1S/C11H9FN2O2/c12-7-2-1-3-8-9(7)13-10(11(15)16)14(8)6-4-5-6/h1-3,6H,4-5H2,(H,15,16). The van der Waals surface area contributed by atoms with Gasteiger partial charge in [-0.2, -0.15) is 0 Å². The fourth-order valence-corrected chi connectivity index (χ4v) is 1.94. The Labute approximate surface area is 90.3 Å². The zero-order valence-corrected chi connectivity index (χ0v) is 8.35. The van der Waals surface area contributed by atoms with E-state index in [4.69, 9.17) is 5.11 Å². The molecule has 0 atom stereocenters. The predicted octanol–water partition coefficient (Wildman–Crippen LogP) is 2.21. The number of aromatic carboxylic acids is 1. The van der Waals surface area contributed by atoms with Crippen molar-refractivity contribution in [2.24, 2.45) is 0 Å². The SMILES string of the molecule is O=C(O)c1nc2c(F)cccc2n1C1CC1. The van der Waals surface area contributed by atoms with Gasteiger partial charge in [0.15, 0.2) is 5.82 Å². The molecule has 0 saturated heterocycles. The number of halogens is 1. The monoisotopic (exact) mass is 220 g/mol. The second-order valence-corrected chi connectivity index (χ2v) is 3.95. The van der Waals surface area contributed by atoms with Crippen LogP contribution >= 0.6 is 0 Å². The minimum Gasteiger partial charge on any atom is -0.475 e. The highest BCUT2D eigenvalue weighted by molar-refractivity contribution is 5.90. The van der Waals surface area contributed by atoms with Gasteiger partial charge in [0, 0.05) is 6.04 Å². The zero-order valence-electron chi connectivity index (χ0n) is 8.35. The van der Waals surface area contributed by atoms with Crippen molar-refractivity contribution in [2.75, 3.05) is 0 Å². The molecule has 4 nitrogen and oxygen atoms in total. The fraction of sp³-hybridized carbons (Fsp3) is 0.273. The number of hydrogen-bond donors (Lipinski definition) is 1. The number of rotatable bonds is 2. The van der Waals surface area contributed by atoms with Crippen LogP contribution in [0.2, 0.25) is 0 Å². The van der Waals surface area contributed by atoms with E-state index in [-0.39, 0.29) is 17.4 Å². The van der Waals surface area contributed by atoms with Crippen molar-refractivity contribution in [3.8, 4) is 0 Å². The van der Waals surface area contributed by atoms with Gasteiger partial charge in [0.1, 0.15) is 5.52 Å². The van der Waals surface area contributed by atoms with Crippen LogP contribution in [0.15, 0.2) is 18.2 Å². The largest absolute Gasteiger partial charge is 0.475 e. The normalized spacial score (nSPS) is 15.6. The van der Waals surface area contributed by atoms with Crippen LogP contribution in [-0.2, 0) is 0 Å². The van der Waals surface area contributed by atoms with E-state index in [1.54, 1.807) is 16.7 Å². The van der Waals surface area contributed by atoms with Gasteiger partial charge in [-0.1, -0.05) is 6.07 Å². The summed E-state index contributed by atoms with van der Waals surface area (Å²) in [5.74, 6) is -1.65. The van der Waals surface area contributed by atoms with E-state index >= 15 is 0 Å². The number of para-hydroxylation sites is 1. The summed E-state index contributed by atoms with van der Waals surface area (Å²) < 4.78 is 15.1. The Balaban J connectivity index is 2.37. The second kappa shape index (κ2) is 3.04. The minimum atomic E-state index is -1.11. The van der Waals surface area contributed by atoms with Gasteiger partial charge in [0.25, 0.3) is 0 Å². The molecule has 5 heteroatoms. The lowest BCUT2D eigenvalue weighted by Crippen LogP contribution is -2.08. The first-order valence-electron chi connectivity index (χ1n) is 5.08. The van der Waals surface area contributed by atoms with E-state index in [1.807, 2.05) is 0 Å². The second-order valence-electron chi connectivity index (χ2n) is 3.95. The predicted molar refractivity (Wildman–Crippen MR) is 54.9 cm³/mol. The van der Waals surface area contributed by atoms with Crippen molar-refractivity contribution in [3.05, 3.63) is 29.8 Å². The molecule has 0 spiro atoms. The Kier molecular flexibility index (Phi) is 1.77. The Morgan fingerprint density at radius 2 is 2.25 bits per heavy atom. The molecule has 1 aromatic carbocycles. The maximum Gasteiger partial charge on any atom is 0.372 e. The summed E-state index contributed by atoms with van der Waals surface area (Å²) in [5, 5.41) is 9.03.